The smallest absolute Gasteiger partial charge is 0.291 e. The van der Waals surface area contributed by atoms with Gasteiger partial charge in [-0.15, -0.1) is 0 Å². The lowest BCUT2D eigenvalue weighted by atomic mass is 10.2. The molecule has 1 aromatic heterocycles. The second-order valence-corrected chi connectivity index (χ2v) is 4.90. The zero-order valence-electron chi connectivity index (χ0n) is 11.1. The van der Waals surface area contributed by atoms with Crippen molar-refractivity contribution in [2.75, 3.05) is 29.0 Å². The molecule has 0 atom stereocenters. The van der Waals surface area contributed by atoms with Crippen LogP contribution in [0.1, 0.15) is 23.4 Å². The summed E-state index contributed by atoms with van der Waals surface area (Å²) >= 11 is 0. The van der Waals surface area contributed by atoms with Crippen LogP contribution >= 0.6 is 0 Å². The summed E-state index contributed by atoms with van der Waals surface area (Å²) in [5.74, 6) is 0.154. The molecule has 0 aliphatic carbocycles. The summed E-state index contributed by atoms with van der Waals surface area (Å²) in [7, 11) is 0. The predicted octanol–water partition coefficient (Wildman–Crippen LogP) is 2.71. The first-order valence-corrected chi connectivity index (χ1v) is 6.74. The number of rotatable bonds is 3. The van der Waals surface area contributed by atoms with Crippen molar-refractivity contribution in [3.8, 4) is 0 Å². The first kappa shape index (κ1) is 12.6. The van der Waals surface area contributed by atoms with E-state index in [1.165, 1.54) is 18.5 Å². The van der Waals surface area contributed by atoms with Crippen LogP contribution in [0.2, 0.25) is 0 Å². The first-order chi connectivity index (χ1) is 9.72. The monoisotopic (exact) mass is 271 g/mol. The molecule has 5 nitrogen and oxygen atoms in total. The number of hydrogen-bond acceptors (Lipinski definition) is 4. The molecule has 0 radical (unpaired) electrons. The summed E-state index contributed by atoms with van der Waals surface area (Å²) in [5, 5.41) is 2.78. The van der Waals surface area contributed by atoms with Crippen LogP contribution in [0.5, 0.6) is 0 Å². The number of nitrogen functional groups attached to an aromatic ring is 1. The van der Waals surface area contributed by atoms with E-state index in [1.54, 1.807) is 12.1 Å². The molecule has 2 heterocycles. The highest BCUT2D eigenvalue weighted by Crippen LogP contribution is 2.22. The highest BCUT2D eigenvalue weighted by Gasteiger charge is 2.13. The fourth-order valence-electron chi connectivity index (χ4n) is 2.40. The molecule has 1 fully saturated rings. The number of amides is 1. The highest BCUT2D eigenvalue weighted by molar-refractivity contribution is 6.02. The van der Waals surface area contributed by atoms with Gasteiger partial charge in [-0.2, -0.15) is 0 Å². The standard InChI is InChI=1S/C15H17N3O2/c16-14-8-7-13(20-14)15(19)17-11-3-5-12(6-4-11)18-9-1-2-10-18/h3-8H,1-2,9-10,16H2,(H,17,19). The minimum Gasteiger partial charge on any atom is -0.436 e. The summed E-state index contributed by atoms with van der Waals surface area (Å²) in [6.07, 6.45) is 2.50. The molecule has 0 saturated carbocycles. The Labute approximate surface area is 117 Å². The largest absolute Gasteiger partial charge is 0.436 e. The molecule has 0 bridgehead atoms. The summed E-state index contributed by atoms with van der Waals surface area (Å²) in [4.78, 5) is 14.2. The molecule has 2 aromatic rings. The number of carbonyl (C=O) groups excluding carboxylic acids is 1. The van der Waals surface area contributed by atoms with Crippen LogP contribution in [0.3, 0.4) is 0 Å². The molecule has 3 rings (SSSR count). The lowest BCUT2D eigenvalue weighted by molar-refractivity contribution is 0.0997. The minimum atomic E-state index is -0.296. The van der Waals surface area contributed by atoms with E-state index >= 15 is 0 Å². The number of carbonyl (C=O) groups is 1. The number of nitrogens with zero attached hydrogens (tertiary/aromatic N) is 1. The summed E-state index contributed by atoms with van der Waals surface area (Å²) in [6, 6.07) is 11.0. The van der Waals surface area contributed by atoms with E-state index < -0.39 is 0 Å². The average molecular weight is 271 g/mol. The van der Waals surface area contributed by atoms with Crippen molar-refractivity contribution in [3.63, 3.8) is 0 Å². The van der Waals surface area contributed by atoms with Gasteiger partial charge in [0.1, 0.15) is 0 Å². The van der Waals surface area contributed by atoms with Crippen molar-refractivity contribution >= 4 is 23.2 Å². The van der Waals surface area contributed by atoms with E-state index in [9.17, 15) is 4.79 Å². The molecule has 0 spiro atoms. The topological polar surface area (TPSA) is 71.5 Å². The second kappa shape index (κ2) is 5.28. The third-order valence-corrected chi connectivity index (χ3v) is 3.45. The quantitative estimate of drug-likeness (QED) is 0.900. The summed E-state index contributed by atoms with van der Waals surface area (Å²) < 4.78 is 5.08. The van der Waals surface area contributed by atoms with E-state index in [2.05, 4.69) is 10.2 Å². The van der Waals surface area contributed by atoms with Gasteiger partial charge < -0.3 is 20.4 Å². The maximum absolute atomic E-state index is 11.9. The van der Waals surface area contributed by atoms with Gasteiger partial charge >= 0.3 is 0 Å². The molecule has 1 amide bonds. The van der Waals surface area contributed by atoms with Crippen molar-refractivity contribution in [2.45, 2.75) is 12.8 Å². The van der Waals surface area contributed by atoms with E-state index in [-0.39, 0.29) is 17.6 Å². The van der Waals surface area contributed by atoms with Gasteiger partial charge in [0, 0.05) is 30.5 Å². The van der Waals surface area contributed by atoms with E-state index in [0.717, 1.165) is 18.8 Å². The van der Waals surface area contributed by atoms with Crippen molar-refractivity contribution in [1.29, 1.82) is 0 Å². The highest BCUT2D eigenvalue weighted by atomic mass is 16.4. The maximum Gasteiger partial charge on any atom is 0.291 e. The second-order valence-electron chi connectivity index (χ2n) is 4.90. The zero-order chi connectivity index (χ0) is 13.9. The molecule has 1 aliphatic heterocycles. The fourth-order valence-corrected chi connectivity index (χ4v) is 2.40. The number of nitrogens with one attached hydrogen (secondary N) is 1. The molecule has 3 N–H and O–H groups in total. The number of furan rings is 1. The Kier molecular flexibility index (Phi) is 3.33. The molecular weight excluding hydrogens is 254 g/mol. The molecule has 20 heavy (non-hydrogen) atoms. The first-order valence-electron chi connectivity index (χ1n) is 6.74. The Morgan fingerprint density at radius 2 is 1.80 bits per heavy atom. The SMILES string of the molecule is Nc1ccc(C(=O)Nc2ccc(N3CCCC3)cc2)o1. The molecule has 104 valence electrons. The van der Waals surface area contributed by atoms with E-state index in [0.29, 0.717) is 0 Å². The van der Waals surface area contributed by atoms with Crippen LogP contribution in [0.25, 0.3) is 0 Å². The van der Waals surface area contributed by atoms with Crippen LogP contribution in [0.4, 0.5) is 17.3 Å². The third-order valence-electron chi connectivity index (χ3n) is 3.45. The Balaban J connectivity index is 1.67. The molecular formula is C15H17N3O2. The normalized spacial score (nSPS) is 14.5. The summed E-state index contributed by atoms with van der Waals surface area (Å²) in [6.45, 7) is 2.22. The van der Waals surface area contributed by atoms with Gasteiger partial charge in [0.25, 0.3) is 5.91 Å². The zero-order valence-corrected chi connectivity index (χ0v) is 11.1. The van der Waals surface area contributed by atoms with Crippen LogP contribution in [-0.4, -0.2) is 19.0 Å². The van der Waals surface area contributed by atoms with Crippen molar-refractivity contribution in [3.05, 3.63) is 42.2 Å². The Morgan fingerprint density at radius 3 is 2.40 bits per heavy atom. The van der Waals surface area contributed by atoms with Crippen LogP contribution < -0.4 is 16.0 Å². The number of nitrogens with two attached hydrogens (primary N) is 1. The molecule has 1 aromatic carbocycles. The predicted molar refractivity (Wildman–Crippen MR) is 79.0 cm³/mol. The molecule has 1 saturated heterocycles. The minimum absolute atomic E-state index is 0.214. The Bertz CT molecular complexity index is 598. The van der Waals surface area contributed by atoms with Gasteiger partial charge in [0.2, 0.25) is 0 Å². The van der Waals surface area contributed by atoms with Gasteiger partial charge in [-0.3, -0.25) is 4.79 Å². The molecule has 0 unspecified atom stereocenters. The maximum atomic E-state index is 11.9. The summed E-state index contributed by atoms with van der Waals surface area (Å²) in [5.41, 5.74) is 7.39. The molecule has 5 heteroatoms. The van der Waals surface area contributed by atoms with Crippen LogP contribution in [-0.2, 0) is 0 Å². The van der Waals surface area contributed by atoms with Gasteiger partial charge in [-0.1, -0.05) is 0 Å². The van der Waals surface area contributed by atoms with Gasteiger partial charge in [0.05, 0.1) is 0 Å². The lowest BCUT2D eigenvalue weighted by Gasteiger charge is -2.17. The fraction of sp³-hybridized carbons (Fsp3) is 0.267. The van der Waals surface area contributed by atoms with Crippen LogP contribution in [0.15, 0.2) is 40.8 Å². The van der Waals surface area contributed by atoms with E-state index in [1.807, 2.05) is 24.3 Å². The average Bonchev–Trinajstić information content (AvgIpc) is 3.10. The van der Waals surface area contributed by atoms with Crippen LogP contribution in [0, 0.1) is 0 Å². The lowest BCUT2D eigenvalue weighted by Crippen LogP contribution is -2.17. The number of anilines is 3. The van der Waals surface area contributed by atoms with Gasteiger partial charge in [-0.05, 0) is 43.2 Å². The van der Waals surface area contributed by atoms with Gasteiger partial charge in [0.15, 0.2) is 11.6 Å². The van der Waals surface area contributed by atoms with Crippen molar-refractivity contribution in [1.82, 2.24) is 0 Å². The Morgan fingerprint density at radius 1 is 1.10 bits per heavy atom. The number of benzene rings is 1. The van der Waals surface area contributed by atoms with Crippen molar-refractivity contribution < 1.29 is 9.21 Å². The number of hydrogen-bond donors (Lipinski definition) is 2. The van der Waals surface area contributed by atoms with Gasteiger partial charge in [-0.25, -0.2) is 0 Å². The van der Waals surface area contributed by atoms with Crippen molar-refractivity contribution in [2.24, 2.45) is 0 Å². The van der Waals surface area contributed by atoms with E-state index in [4.69, 9.17) is 10.2 Å². The Hall–Kier alpha value is -2.43. The molecule has 1 aliphatic rings. The third kappa shape index (κ3) is 2.61.